The normalized spacial score (nSPS) is 17.2. The van der Waals surface area contributed by atoms with Crippen molar-refractivity contribution in [1.29, 1.82) is 0 Å². The Morgan fingerprint density at radius 1 is 1.28 bits per heavy atom. The van der Waals surface area contributed by atoms with Crippen LogP contribution in [0.5, 0.6) is 0 Å². The lowest BCUT2D eigenvalue weighted by atomic mass is 10.0. The van der Waals surface area contributed by atoms with Gasteiger partial charge < -0.3 is 5.73 Å². The molecule has 2 N–H and O–H groups in total. The maximum Gasteiger partial charge on any atom is 0.126 e. The summed E-state index contributed by atoms with van der Waals surface area (Å²) >= 11 is 0. The van der Waals surface area contributed by atoms with Gasteiger partial charge in [-0.2, -0.15) is 0 Å². The van der Waals surface area contributed by atoms with E-state index >= 15 is 0 Å². The first-order valence-corrected chi connectivity index (χ1v) is 6.57. The van der Waals surface area contributed by atoms with Crippen molar-refractivity contribution >= 4 is 0 Å². The van der Waals surface area contributed by atoms with Gasteiger partial charge in [0, 0.05) is 24.7 Å². The van der Waals surface area contributed by atoms with Crippen molar-refractivity contribution in [3.8, 4) is 0 Å². The van der Waals surface area contributed by atoms with Crippen molar-refractivity contribution < 1.29 is 8.78 Å². The Kier molecular flexibility index (Phi) is 4.30. The summed E-state index contributed by atoms with van der Waals surface area (Å²) in [7, 11) is 0. The molecular formula is C14H20F2N2. The third-order valence-electron chi connectivity index (χ3n) is 3.39. The highest BCUT2D eigenvalue weighted by Crippen LogP contribution is 2.34. The van der Waals surface area contributed by atoms with Crippen LogP contribution in [0.2, 0.25) is 0 Å². The van der Waals surface area contributed by atoms with Crippen LogP contribution in [-0.4, -0.2) is 24.0 Å². The zero-order valence-electron chi connectivity index (χ0n) is 10.7. The maximum atomic E-state index is 13.3. The molecule has 1 aliphatic carbocycles. The molecule has 1 aromatic rings. The van der Waals surface area contributed by atoms with Gasteiger partial charge in [0.25, 0.3) is 0 Å². The van der Waals surface area contributed by atoms with Crippen LogP contribution in [0.4, 0.5) is 8.78 Å². The van der Waals surface area contributed by atoms with E-state index in [4.69, 9.17) is 5.73 Å². The average molecular weight is 254 g/mol. The molecule has 1 aromatic carbocycles. The van der Waals surface area contributed by atoms with E-state index < -0.39 is 11.6 Å². The molecule has 1 unspecified atom stereocenters. The number of rotatable bonds is 6. The summed E-state index contributed by atoms with van der Waals surface area (Å²) in [5.41, 5.74) is 6.46. The standard InChI is InChI=1S/C14H20F2N2/c1-2-5-18(13-3-4-13)14(9-17)10-6-11(15)8-12(16)7-10/h6-8,13-14H,2-5,9,17H2,1H3. The van der Waals surface area contributed by atoms with Crippen molar-refractivity contribution in [2.75, 3.05) is 13.1 Å². The highest BCUT2D eigenvalue weighted by atomic mass is 19.1. The van der Waals surface area contributed by atoms with Gasteiger partial charge in [0.2, 0.25) is 0 Å². The minimum atomic E-state index is -0.532. The molecule has 0 spiro atoms. The van der Waals surface area contributed by atoms with Crippen LogP contribution in [-0.2, 0) is 0 Å². The van der Waals surface area contributed by atoms with Crippen LogP contribution >= 0.6 is 0 Å². The zero-order valence-corrected chi connectivity index (χ0v) is 10.7. The lowest BCUT2D eigenvalue weighted by Gasteiger charge is -2.31. The Bertz CT molecular complexity index is 385. The summed E-state index contributed by atoms with van der Waals surface area (Å²) in [6.45, 7) is 3.42. The lowest BCUT2D eigenvalue weighted by molar-refractivity contribution is 0.191. The van der Waals surface area contributed by atoms with Crippen molar-refractivity contribution in [3.05, 3.63) is 35.4 Å². The van der Waals surface area contributed by atoms with Crippen LogP contribution in [0.1, 0.15) is 37.8 Å². The molecule has 0 aliphatic heterocycles. The first kappa shape index (κ1) is 13.4. The van der Waals surface area contributed by atoms with Crippen molar-refractivity contribution in [2.45, 2.75) is 38.3 Å². The second-order valence-electron chi connectivity index (χ2n) is 4.92. The Balaban J connectivity index is 2.24. The Hall–Kier alpha value is -1.00. The molecule has 18 heavy (non-hydrogen) atoms. The maximum absolute atomic E-state index is 13.3. The lowest BCUT2D eigenvalue weighted by Crippen LogP contribution is -2.36. The first-order valence-electron chi connectivity index (χ1n) is 6.57. The molecule has 100 valence electrons. The summed E-state index contributed by atoms with van der Waals surface area (Å²) < 4.78 is 26.6. The van der Waals surface area contributed by atoms with Crippen LogP contribution in [0, 0.1) is 11.6 Å². The van der Waals surface area contributed by atoms with Gasteiger partial charge in [-0.05, 0) is 43.5 Å². The fraction of sp³-hybridized carbons (Fsp3) is 0.571. The summed E-state index contributed by atoms with van der Waals surface area (Å²) in [6, 6.07) is 4.14. The Labute approximate surface area is 107 Å². The van der Waals surface area contributed by atoms with Gasteiger partial charge in [-0.1, -0.05) is 6.92 Å². The molecule has 0 aromatic heterocycles. The molecule has 0 saturated heterocycles. The fourth-order valence-corrected chi connectivity index (χ4v) is 2.49. The molecule has 1 aliphatic rings. The van der Waals surface area contributed by atoms with Crippen LogP contribution in [0.3, 0.4) is 0 Å². The van der Waals surface area contributed by atoms with E-state index in [0.717, 1.165) is 31.9 Å². The minimum absolute atomic E-state index is 0.0809. The molecule has 2 nitrogen and oxygen atoms in total. The van der Waals surface area contributed by atoms with Crippen molar-refractivity contribution in [2.24, 2.45) is 5.73 Å². The summed E-state index contributed by atoms with van der Waals surface area (Å²) in [5, 5.41) is 0. The predicted octanol–water partition coefficient (Wildman–Crippen LogP) is 2.84. The van der Waals surface area contributed by atoms with Gasteiger partial charge in [-0.3, -0.25) is 4.90 Å². The number of nitrogens with two attached hydrogens (primary N) is 1. The molecule has 4 heteroatoms. The molecule has 1 fully saturated rings. The third-order valence-corrected chi connectivity index (χ3v) is 3.39. The number of nitrogens with zero attached hydrogens (tertiary/aromatic N) is 1. The van der Waals surface area contributed by atoms with E-state index in [2.05, 4.69) is 11.8 Å². The summed E-state index contributed by atoms with van der Waals surface area (Å²) in [5.74, 6) is -1.06. The summed E-state index contributed by atoms with van der Waals surface area (Å²) in [4.78, 5) is 2.29. The molecular weight excluding hydrogens is 234 g/mol. The van der Waals surface area contributed by atoms with Gasteiger partial charge in [-0.25, -0.2) is 8.78 Å². The molecule has 1 saturated carbocycles. The van der Waals surface area contributed by atoms with E-state index in [1.807, 2.05) is 0 Å². The SMILES string of the molecule is CCCN(C1CC1)C(CN)c1cc(F)cc(F)c1. The van der Waals surface area contributed by atoms with Gasteiger partial charge in [0.1, 0.15) is 11.6 Å². The second-order valence-corrected chi connectivity index (χ2v) is 4.92. The van der Waals surface area contributed by atoms with Gasteiger partial charge in [0.15, 0.2) is 0 Å². The molecule has 1 atom stereocenters. The minimum Gasteiger partial charge on any atom is -0.329 e. The van der Waals surface area contributed by atoms with E-state index in [1.165, 1.54) is 12.1 Å². The monoisotopic (exact) mass is 254 g/mol. The summed E-state index contributed by atoms with van der Waals surface area (Å²) in [6.07, 6.45) is 3.34. The number of hydrogen-bond donors (Lipinski definition) is 1. The third kappa shape index (κ3) is 3.06. The molecule has 0 heterocycles. The molecule has 0 amide bonds. The van der Waals surface area contributed by atoms with E-state index in [1.54, 1.807) is 0 Å². The van der Waals surface area contributed by atoms with Gasteiger partial charge in [0.05, 0.1) is 0 Å². The predicted molar refractivity (Wildman–Crippen MR) is 68.2 cm³/mol. The van der Waals surface area contributed by atoms with Gasteiger partial charge >= 0.3 is 0 Å². The van der Waals surface area contributed by atoms with Gasteiger partial charge in [-0.15, -0.1) is 0 Å². The fourth-order valence-electron chi connectivity index (χ4n) is 2.49. The quantitative estimate of drug-likeness (QED) is 0.845. The Morgan fingerprint density at radius 2 is 1.89 bits per heavy atom. The Morgan fingerprint density at radius 3 is 2.33 bits per heavy atom. The molecule has 2 rings (SSSR count). The van der Waals surface area contributed by atoms with E-state index in [0.29, 0.717) is 18.2 Å². The number of halogens is 2. The number of hydrogen-bond acceptors (Lipinski definition) is 2. The van der Waals surface area contributed by atoms with Crippen LogP contribution in [0.15, 0.2) is 18.2 Å². The van der Waals surface area contributed by atoms with Crippen LogP contribution < -0.4 is 5.73 Å². The highest BCUT2D eigenvalue weighted by Gasteiger charge is 2.33. The van der Waals surface area contributed by atoms with Crippen molar-refractivity contribution in [1.82, 2.24) is 4.90 Å². The molecule has 0 bridgehead atoms. The zero-order chi connectivity index (χ0) is 13.1. The topological polar surface area (TPSA) is 29.3 Å². The van der Waals surface area contributed by atoms with Crippen molar-refractivity contribution in [3.63, 3.8) is 0 Å². The average Bonchev–Trinajstić information content (AvgIpc) is 3.11. The van der Waals surface area contributed by atoms with E-state index in [-0.39, 0.29) is 6.04 Å². The van der Waals surface area contributed by atoms with Crippen LogP contribution in [0.25, 0.3) is 0 Å². The smallest absolute Gasteiger partial charge is 0.126 e. The number of benzene rings is 1. The largest absolute Gasteiger partial charge is 0.329 e. The second kappa shape index (κ2) is 5.76. The molecule has 0 radical (unpaired) electrons. The van der Waals surface area contributed by atoms with E-state index in [9.17, 15) is 8.78 Å². The first-order chi connectivity index (χ1) is 8.65. The highest BCUT2D eigenvalue weighted by molar-refractivity contribution is 5.22.